The lowest BCUT2D eigenvalue weighted by Crippen LogP contribution is -2.35. The maximum Gasteiger partial charge on any atom is 0.128 e. The van der Waals surface area contributed by atoms with Crippen molar-refractivity contribution in [1.29, 1.82) is 0 Å². The molecule has 2 N–H and O–H groups in total. The Morgan fingerprint density at radius 3 is 2.60 bits per heavy atom. The highest BCUT2D eigenvalue weighted by Crippen LogP contribution is 2.27. The summed E-state index contributed by atoms with van der Waals surface area (Å²) in [5.74, 6) is -0.480. The average Bonchev–Trinajstić information content (AvgIpc) is 2.23. The first-order valence-electron chi connectivity index (χ1n) is 4.84. The molecule has 84 valence electrons. The van der Waals surface area contributed by atoms with E-state index in [9.17, 15) is 8.78 Å². The van der Waals surface area contributed by atoms with E-state index in [0.29, 0.717) is 0 Å². The molecule has 0 spiro atoms. The largest absolute Gasteiger partial charge is 0.328 e. The third-order valence-electron chi connectivity index (χ3n) is 2.55. The summed E-state index contributed by atoms with van der Waals surface area (Å²) in [7, 11) is 0. The van der Waals surface area contributed by atoms with Gasteiger partial charge in [0.05, 0.1) is 0 Å². The first-order chi connectivity index (χ1) is 7.02. The van der Waals surface area contributed by atoms with Crippen LogP contribution in [0.2, 0.25) is 5.02 Å². The van der Waals surface area contributed by atoms with Crippen molar-refractivity contribution >= 4 is 11.6 Å². The minimum Gasteiger partial charge on any atom is -0.328 e. The van der Waals surface area contributed by atoms with Gasteiger partial charge in [0.15, 0.2) is 0 Å². The van der Waals surface area contributed by atoms with Crippen molar-refractivity contribution in [3.8, 4) is 0 Å². The van der Waals surface area contributed by atoms with Gasteiger partial charge in [-0.2, -0.15) is 0 Å². The van der Waals surface area contributed by atoms with Crippen LogP contribution in [0.4, 0.5) is 8.78 Å². The second-order valence-corrected chi connectivity index (χ2v) is 3.99. The molecule has 0 saturated carbocycles. The number of rotatable bonds is 4. The highest BCUT2D eigenvalue weighted by atomic mass is 35.5. The SMILES string of the molecule is CCC(F)(CN)Cc1c(F)cccc1Cl. The highest BCUT2D eigenvalue weighted by Gasteiger charge is 2.28. The fourth-order valence-corrected chi connectivity index (χ4v) is 1.59. The van der Waals surface area contributed by atoms with Crippen molar-refractivity contribution in [3.05, 3.63) is 34.6 Å². The number of alkyl halides is 1. The molecular formula is C11H14ClF2N. The van der Waals surface area contributed by atoms with Gasteiger partial charge >= 0.3 is 0 Å². The summed E-state index contributed by atoms with van der Waals surface area (Å²) in [4.78, 5) is 0. The minimum absolute atomic E-state index is 0.0779. The molecule has 1 atom stereocenters. The number of hydrogen-bond donors (Lipinski definition) is 1. The molecule has 0 radical (unpaired) electrons. The van der Waals surface area contributed by atoms with Crippen LogP contribution in [0.3, 0.4) is 0 Å². The summed E-state index contributed by atoms with van der Waals surface area (Å²) in [5, 5.41) is 0.249. The van der Waals surface area contributed by atoms with Crippen molar-refractivity contribution in [3.63, 3.8) is 0 Å². The van der Waals surface area contributed by atoms with Gasteiger partial charge in [-0.15, -0.1) is 0 Å². The minimum atomic E-state index is -1.58. The molecule has 15 heavy (non-hydrogen) atoms. The van der Waals surface area contributed by atoms with Gasteiger partial charge in [-0.25, -0.2) is 8.78 Å². The van der Waals surface area contributed by atoms with E-state index < -0.39 is 11.5 Å². The number of hydrogen-bond acceptors (Lipinski definition) is 1. The molecule has 0 fully saturated rings. The summed E-state index contributed by atoms with van der Waals surface area (Å²) in [6.07, 6.45) is 0.166. The molecule has 0 heterocycles. The molecule has 0 aliphatic rings. The zero-order valence-corrected chi connectivity index (χ0v) is 9.32. The molecule has 0 aliphatic carbocycles. The van der Waals surface area contributed by atoms with Crippen molar-refractivity contribution < 1.29 is 8.78 Å². The Morgan fingerprint density at radius 2 is 2.13 bits per heavy atom. The van der Waals surface area contributed by atoms with Crippen LogP contribution in [0, 0.1) is 5.82 Å². The third kappa shape index (κ3) is 2.89. The van der Waals surface area contributed by atoms with Gasteiger partial charge in [0, 0.05) is 23.6 Å². The predicted octanol–water partition coefficient (Wildman–Crippen LogP) is 3.10. The van der Waals surface area contributed by atoms with Crippen molar-refractivity contribution in [2.24, 2.45) is 5.73 Å². The highest BCUT2D eigenvalue weighted by molar-refractivity contribution is 6.31. The molecule has 1 nitrogen and oxygen atoms in total. The fourth-order valence-electron chi connectivity index (χ4n) is 1.36. The lowest BCUT2D eigenvalue weighted by Gasteiger charge is -2.22. The lowest BCUT2D eigenvalue weighted by molar-refractivity contribution is 0.166. The van der Waals surface area contributed by atoms with Gasteiger partial charge in [-0.05, 0) is 18.6 Å². The van der Waals surface area contributed by atoms with Crippen molar-refractivity contribution in [1.82, 2.24) is 0 Å². The van der Waals surface area contributed by atoms with E-state index in [0.717, 1.165) is 0 Å². The second-order valence-electron chi connectivity index (χ2n) is 3.59. The number of halogens is 3. The summed E-state index contributed by atoms with van der Waals surface area (Å²) in [6, 6.07) is 4.32. The van der Waals surface area contributed by atoms with E-state index >= 15 is 0 Å². The van der Waals surface area contributed by atoms with Crippen molar-refractivity contribution in [2.75, 3.05) is 6.54 Å². The van der Waals surface area contributed by atoms with Crippen LogP contribution >= 0.6 is 11.6 Å². The van der Waals surface area contributed by atoms with Gasteiger partial charge in [0.1, 0.15) is 11.5 Å². The summed E-state index contributed by atoms with van der Waals surface area (Å²) < 4.78 is 27.3. The molecule has 1 rings (SSSR count). The predicted molar refractivity (Wildman–Crippen MR) is 58.3 cm³/mol. The Bertz CT molecular complexity index is 317. The van der Waals surface area contributed by atoms with E-state index in [1.54, 1.807) is 13.0 Å². The smallest absolute Gasteiger partial charge is 0.128 e. The average molecular weight is 234 g/mol. The van der Waals surface area contributed by atoms with Crippen LogP contribution < -0.4 is 5.73 Å². The van der Waals surface area contributed by atoms with Gasteiger partial charge < -0.3 is 5.73 Å². The zero-order chi connectivity index (χ0) is 11.5. The molecule has 4 heteroatoms. The molecule has 0 amide bonds. The maximum absolute atomic E-state index is 13.9. The quantitative estimate of drug-likeness (QED) is 0.850. The van der Waals surface area contributed by atoms with Gasteiger partial charge in [0.25, 0.3) is 0 Å². The van der Waals surface area contributed by atoms with Gasteiger partial charge in [0.2, 0.25) is 0 Å². The van der Waals surface area contributed by atoms with Gasteiger partial charge in [-0.1, -0.05) is 24.6 Å². The molecule has 0 aromatic heterocycles. The molecule has 1 aromatic rings. The molecule has 1 unspecified atom stereocenters. The van der Waals surface area contributed by atoms with E-state index in [1.807, 2.05) is 0 Å². The van der Waals surface area contributed by atoms with E-state index in [4.69, 9.17) is 17.3 Å². The third-order valence-corrected chi connectivity index (χ3v) is 2.91. The first kappa shape index (κ1) is 12.4. The topological polar surface area (TPSA) is 26.0 Å². The van der Waals surface area contributed by atoms with Crippen molar-refractivity contribution in [2.45, 2.75) is 25.4 Å². The van der Waals surface area contributed by atoms with E-state index in [2.05, 4.69) is 0 Å². The van der Waals surface area contributed by atoms with Crippen LogP contribution in [0.1, 0.15) is 18.9 Å². The Morgan fingerprint density at radius 1 is 1.47 bits per heavy atom. The second kappa shape index (κ2) is 4.90. The Balaban J connectivity index is 2.98. The Labute approximate surface area is 93.2 Å². The molecule has 0 bridgehead atoms. The van der Waals surface area contributed by atoms with E-state index in [1.165, 1.54) is 12.1 Å². The fraction of sp³-hybridized carbons (Fsp3) is 0.455. The van der Waals surface area contributed by atoms with Crippen LogP contribution in [0.5, 0.6) is 0 Å². The standard InChI is InChI=1S/C11H14ClF2N/c1-2-11(14,7-15)6-8-9(12)4-3-5-10(8)13/h3-5H,2,6-7,15H2,1H3. The zero-order valence-electron chi connectivity index (χ0n) is 8.56. The molecular weight excluding hydrogens is 220 g/mol. The first-order valence-corrected chi connectivity index (χ1v) is 5.22. The maximum atomic E-state index is 13.9. The van der Waals surface area contributed by atoms with Crippen LogP contribution in [-0.2, 0) is 6.42 Å². The summed E-state index contributed by atoms with van der Waals surface area (Å²) in [6.45, 7) is 1.55. The van der Waals surface area contributed by atoms with E-state index in [-0.39, 0.29) is 30.0 Å². The van der Waals surface area contributed by atoms with Crippen LogP contribution in [-0.4, -0.2) is 12.2 Å². The number of benzene rings is 1. The lowest BCUT2D eigenvalue weighted by atomic mass is 9.93. The molecule has 1 aromatic carbocycles. The Kier molecular flexibility index (Phi) is 4.05. The Hall–Kier alpha value is -0.670. The van der Waals surface area contributed by atoms with Crippen LogP contribution in [0.15, 0.2) is 18.2 Å². The summed E-state index contributed by atoms with van der Waals surface area (Å²) in [5.41, 5.74) is 3.95. The normalized spacial score (nSPS) is 15.0. The van der Waals surface area contributed by atoms with Crippen LogP contribution in [0.25, 0.3) is 0 Å². The number of nitrogens with two attached hydrogens (primary N) is 1. The monoisotopic (exact) mass is 233 g/mol. The molecule has 0 saturated heterocycles. The molecule has 0 aliphatic heterocycles. The summed E-state index contributed by atoms with van der Waals surface area (Å²) >= 11 is 5.80. The van der Waals surface area contributed by atoms with Gasteiger partial charge in [-0.3, -0.25) is 0 Å².